The summed E-state index contributed by atoms with van der Waals surface area (Å²) in [5, 5.41) is 4.36. The molecule has 0 saturated heterocycles. The van der Waals surface area contributed by atoms with Gasteiger partial charge in [0.2, 0.25) is 0 Å². The second-order valence-electron chi connectivity index (χ2n) is 4.15. The van der Waals surface area contributed by atoms with Crippen molar-refractivity contribution < 1.29 is 0 Å². The van der Waals surface area contributed by atoms with Crippen molar-refractivity contribution in [2.24, 2.45) is 11.0 Å². The molecular weight excluding hydrogens is 160 g/mol. The van der Waals surface area contributed by atoms with E-state index in [0.717, 1.165) is 18.0 Å². The summed E-state index contributed by atoms with van der Waals surface area (Å²) < 4.78 is 0. The van der Waals surface area contributed by atoms with Crippen molar-refractivity contribution in [1.29, 1.82) is 0 Å². The molecule has 0 spiro atoms. The molecule has 1 aliphatic rings. The van der Waals surface area contributed by atoms with Gasteiger partial charge in [-0.1, -0.05) is 19.1 Å². The Morgan fingerprint density at radius 1 is 1.54 bits per heavy atom. The van der Waals surface area contributed by atoms with Gasteiger partial charge in [-0.05, 0) is 38.5 Å². The SMILES string of the molecule is C=C(C)CNN=C1CCC(C)CC1. The van der Waals surface area contributed by atoms with Crippen molar-refractivity contribution in [1.82, 2.24) is 5.43 Å². The molecule has 0 bridgehead atoms. The van der Waals surface area contributed by atoms with E-state index in [1.165, 1.54) is 31.4 Å². The van der Waals surface area contributed by atoms with Crippen LogP contribution in [0.25, 0.3) is 0 Å². The van der Waals surface area contributed by atoms with E-state index in [4.69, 9.17) is 0 Å². The normalized spacial score (nSPS) is 22.6. The lowest BCUT2D eigenvalue weighted by Crippen LogP contribution is -2.17. The van der Waals surface area contributed by atoms with E-state index >= 15 is 0 Å². The minimum atomic E-state index is 0.805. The van der Waals surface area contributed by atoms with Crippen LogP contribution in [0.4, 0.5) is 0 Å². The standard InChI is InChI=1S/C11H20N2/c1-9(2)8-12-13-11-6-4-10(3)5-7-11/h10,12H,1,4-8H2,2-3H3. The Kier molecular flexibility index (Phi) is 4.00. The molecule has 1 rings (SSSR count). The highest BCUT2D eigenvalue weighted by molar-refractivity contribution is 5.84. The highest BCUT2D eigenvalue weighted by atomic mass is 15.3. The van der Waals surface area contributed by atoms with Gasteiger partial charge in [0.25, 0.3) is 0 Å². The molecule has 2 nitrogen and oxygen atoms in total. The van der Waals surface area contributed by atoms with Crippen LogP contribution in [0.1, 0.15) is 39.5 Å². The summed E-state index contributed by atoms with van der Waals surface area (Å²) in [4.78, 5) is 0. The monoisotopic (exact) mass is 180 g/mol. The number of hydrogen-bond acceptors (Lipinski definition) is 2. The zero-order chi connectivity index (χ0) is 9.68. The Hall–Kier alpha value is -0.790. The van der Waals surface area contributed by atoms with E-state index in [1.54, 1.807) is 0 Å². The van der Waals surface area contributed by atoms with Gasteiger partial charge >= 0.3 is 0 Å². The van der Waals surface area contributed by atoms with E-state index in [0.29, 0.717) is 0 Å². The number of rotatable bonds is 3. The van der Waals surface area contributed by atoms with Gasteiger partial charge in [0.15, 0.2) is 0 Å². The first kappa shape index (κ1) is 10.3. The van der Waals surface area contributed by atoms with Crippen molar-refractivity contribution >= 4 is 5.71 Å². The van der Waals surface area contributed by atoms with Crippen LogP contribution >= 0.6 is 0 Å². The van der Waals surface area contributed by atoms with Gasteiger partial charge in [0.05, 0.1) is 6.54 Å². The third-order valence-corrected chi connectivity index (χ3v) is 2.47. The number of nitrogens with zero attached hydrogens (tertiary/aromatic N) is 1. The molecule has 1 aliphatic carbocycles. The van der Waals surface area contributed by atoms with Crippen molar-refractivity contribution in [2.75, 3.05) is 6.54 Å². The molecular formula is C11H20N2. The topological polar surface area (TPSA) is 24.4 Å². The lowest BCUT2D eigenvalue weighted by molar-refractivity contribution is 0.481. The maximum atomic E-state index is 4.36. The van der Waals surface area contributed by atoms with Gasteiger partial charge in [-0.3, -0.25) is 0 Å². The molecule has 0 aliphatic heterocycles. The van der Waals surface area contributed by atoms with Crippen LogP contribution in [0.3, 0.4) is 0 Å². The molecule has 1 N–H and O–H groups in total. The van der Waals surface area contributed by atoms with Crippen molar-refractivity contribution in [2.45, 2.75) is 39.5 Å². The summed E-state index contributed by atoms with van der Waals surface area (Å²) in [5.74, 6) is 0.889. The molecule has 74 valence electrons. The maximum Gasteiger partial charge on any atom is 0.0534 e. The quantitative estimate of drug-likeness (QED) is 0.524. The zero-order valence-corrected chi connectivity index (χ0v) is 8.77. The van der Waals surface area contributed by atoms with Crippen LogP contribution in [-0.2, 0) is 0 Å². The average molecular weight is 180 g/mol. The largest absolute Gasteiger partial charge is 0.306 e. The van der Waals surface area contributed by atoms with Crippen molar-refractivity contribution in [3.63, 3.8) is 0 Å². The smallest absolute Gasteiger partial charge is 0.0534 e. The fourth-order valence-corrected chi connectivity index (χ4v) is 1.49. The van der Waals surface area contributed by atoms with Crippen LogP contribution in [-0.4, -0.2) is 12.3 Å². The van der Waals surface area contributed by atoms with E-state index < -0.39 is 0 Å². The Morgan fingerprint density at radius 2 is 2.15 bits per heavy atom. The van der Waals surface area contributed by atoms with E-state index in [-0.39, 0.29) is 0 Å². The zero-order valence-electron chi connectivity index (χ0n) is 8.77. The second kappa shape index (κ2) is 5.05. The first-order valence-corrected chi connectivity index (χ1v) is 5.11. The second-order valence-corrected chi connectivity index (χ2v) is 4.15. The van der Waals surface area contributed by atoms with Gasteiger partial charge in [-0.25, -0.2) is 0 Å². The fraction of sp³-hybridized carbons (Fsp3) is 0.727. The average Bonchev–Trinajstić information content (AvgIpc) is 2.08. The Bertz CT molecular complexity index is 196. The van der Waals surface area contributed by atoms with Crippen LogP contribution in [0.15, 0.2) is 17.3 Å². The first-order chi connectivity index (χ1) is 6.18. The van der Waals surface area contributed by atoms with E-state index in [2.05, 4.69) is 24.0 Å². The highest BCUT2D eigenvalue weighted by Gasteiger charge is 2.12. The number of hydrazone groups is 1. The predicted octanol–water partition coefficient (Wildman–Crippen LogP) is 2.72. The van der Waals surface area contributed by atoms with Crippen LogP contribution in [0.2, 0.25) is 0 Å². The van der Waals surface area contributed by atoms with Crippen LogP contribution in [0.5, 0.6) is 0 Å². The number of hydrogen-bond donors (Lipinski definition) is 1. The molecule has 2 heteroatoms. The Morgan fingerprint density at radius 3 is 2.69 bits per heavy atom. The maximum absolute atomic E-state index is 4.36. The van der Waals surface area contributed by atoms with Crippen molar-refractivity contribution in [3.05, 3.63) is 12.2 Å². The minimum absolute atomic E-state index is 0.805. The van der Waals surface area contributed by atoms with E-state index in [9.17, 15) is 0 Å². The van der Waals surface area contributed by atoms with Gasteiger partial charge < -0.3 is 5.43 Å². The van der Waals surface area contributed by atoms with Gasteiger partial charge in [-0.2, -0.15) is 5.10 Å². The summed E-state index contributed by atoms with van der Waals surface area (Å²) >= 11 is 0. The van der Waals surface area contributed by atoms with Gasteiger partial charge in [-0.15, -0.1) is 0 Å². The summed E-state index contributed by atoms with van der Waals surface area (Å²) in [5.41, 5.74) is 5.52. The Balaban J connectivity index is 2.23. The van der Waals surface area contributed by atoms with Gasteiger partial charge in [0, 0.05) is 5.71 Å². The molecule has 0 aromatic heterocycles. The van der Waals surface area contributed by atoms with E-state index in [1.807, 2.05) is 6.92 Å². The lowest BCUT2D eigenvalue weighted by atomic mass is 9.90. The van der Waals surface area contributed by atoms with Crippen molar-refractivity contribution in [3.8, 4) is 0 Å². The highest BCUT2D eigenvalue weighted by Crippen LogP contribution is 2.20. The molecule has 0 aromatic carbocycles. The third kappa shape index (κ3) is 4.11. The molecule has 1 saturated carbocycles. The summed E-state index contributed by atoms with van der Waals surface area (Å²) in [6.07, 6.45) is 4.94. The molecule has 1 fully saturated rings. The summed E-state index contributed by atoms with van der Waals surface area (Å²) in [6, 6.07) is 0. The molecule has 0 atom stereocenters. The third-order valence-electron chi connectivity index (χ3n) is 2.47. The van der Waals surface area contributed by atoms with Crippen LogP contribution in [0, 0.1) is 5.92 Å². The molecule has 0 radical (unpaired) electrons. The van der Waals surface area contributed by atoms with Crippen LogP contribution < -0.4 is 5.43 Å². The number of nitrogens with one attached hydrogen (secondary N) is 1. The minimum Gasteiger partial charge on any atom is -0.306 e. The summed E-state index contributed by atoms with van der Waals surface area (Å²) in [6.45, 7) is 8.95. The molecule has 0 unspecified atom stereocenters. The molecule has 13 heavy (non-hydrogen) atoms. The molecule has 0 aromatic rings. The lowest BCUT2D eigenvalue weighted by Gasteiger charge is -2.18. The van der Waals surface area contributed by atoms with Gasteiger partial charge in [0.1, 0.15) is 0 Å². The molecule has 0 heterocycles. The predicted molar refractivity (Wildman–Crippen MR) is 57.9 cm³/mol. The summed E-state index contributed by atoms with van der Waals surface area (Å²) in [7, 11) is 0. The molecule has 0 amide bonds. The fourth-order valence-electron chi connectivity index (χ4n) is 1.49. The first-order valence-electron chi connectivity index (χ1n) is 5.11. The Labute approximate surface area is 81.1 Å².